The van der Waals surface area contributed by atoms with Crippen molar-refractivity contribution in [1.29, 1.82) is 0 Å². The lowest BCUT2D eigenvalue weighted by atomic mass is 10.2. The van der Waals surface area contributed by atoms with Gasteiger partial charge >= 0.3 is 5.97 Å². The minimum absolute atomic E-state index is 0.320. The zero-order chi connectivity index (χ0) is 16.2. The third kappa shape index (κ3) is 6.39. The smallest absolute Gasteiger partial charge is 0.338 e. The second-order valence-corrected chi connectivity index (χ2v) is 4.50. The van der Waals surface area contributed by atoms with Crippen LogP contribution in [0.3, 0.4) is 0 Å². The molecule has 1 aromatic carbocycles. The van der Waals surface area contributed by atoms with Crippen molar-refractivity contribution in [3.63, 3.8) is 0 Å². The highest BCUT2D eigenvalue weighted by Gasteiger charge is 2.10. The molecule has 0 heterocycles. The Morgan fingerprint density at radius 2 is 1.45 bits per heavy atom. The lowest BCUT2D eigenvalue weighted by molar-refractivity contribution is -0.108. The van der Waals surface area contributed by atoms with Gasteiger partial charge in [-0.3, -0.25) is 0 Å². The molecule has 0 aromatic heterocycles. The Kier molecular flexibility index (Phi) is 8.33. The summed E-state index contributed by atoms with van der Waals surface area (Å²) < 4.78 is 15.7. The molecule has 22 heavy (non-hydrogen) atoms. The maximum Gasteiger partial charge on any atom is 0.338 e. The molecule has 0 atom stereocenters. The lowest BCUT2D eigenvalue weighted by Gasteiger charge is -2.11. The summed E-state index contributed by atoms with van der Waals surface area (Å²) >= 11 is 0. The summed E-state index contributed by atoms with van der Waals surface area (Å²) in [7, 11) is 1.30. The summed E-state index contributed by atoms with van der Waals surface area (Å²) in [5, 5.41) is 0. The number of aldehydes is 2. The Morgan fingerprint density at radius 3 is 1.86 bits per heavy atom. The van der Waals surface area contributed by atoms with Crippen LogP contribution in [0.15, 0.2) is 18.2 Å². The average Bonchev–Trinajstić information content (AvgIpc) is 2.54. The van der Waals surface area contributed by atoms with Crippen LogP contribution >= 0.6 is 0 Å². The average molecular weight is 308 g/mol. The molecule has 0 aliphatic rings. The maximum absolute atomic E-state index is 11.6. The van der Waals surface area contributed by atoms with Crippen molar-refractivity contribution in [3.05, 3.63) is 23.8 Å². The molecule has 0 N–H and O–H groups in total. The largest absolute Gasteiger partial charge is 0.493 e. The summed E-state index contributed by atoms with van der Waals surface area (Å²) in [5.74, 6) is 0.453. The molecular formula is C16H20O6. The number of rotatable bonds is 11. The van der Waals surface area contributed by atoms with Gasteiger partial charge in [-0.25, -0.2) is 4.79 Å². The number of unbranched alkanes of at least 4 members (excludes halogenated alkanes) is 2. The number of hydrogen-bond acceptors (Lipinski definition) is 6. The van der Waals surface area contributed by atoms with E-state index >= 15 is 0 Å². The number of benzene rings is 1. The van der Waals surface area contributed by atoms with Crippen molar-refractivity contribution in [2.24, 2.45) is 0 Å². The van der Waals surface area contributed by atoms with Gasteiger partial charge < -0.3 is 23.8 Å². The van der Waals surface area contributed by atoms with Crippen LogP contribution in [0.1, 0.15) is 36.0 Å². The summed E-state index contributed by atoms with van der Waals surface area (Å²) in [4.78, 5) is 32.2. The van der Waals surface area contributed by atoms with E-state index in [2.05, 4.69) is 4.74 Å². The van der Waals surface area contributed by atoms with Crippen molar-refractivity contribution >= 4 is 18.5 Å². The molecule has 1 rings (SSSR count). The number of carbonyl (C=O) groups is 3. The third-order valence-electron chi connectivity index (χ3n) is 2.77. The Labute approximate surface area is 129 Å². The first kappa shape index (κ1) is 17.7. The third-order valence-corrected chi connectivity index (χ3v) is 2.77. The predicted molar refractivity (Wildman–Crippen MR) is 79.4 cm³/mol. The number of hydrogen-bond donors (Lipinski definition) is 0. The van der Waals surface area contributed by atoms with Gasteiger partial charge in [-0.1, -0.05) is 0 Å². The summed E-state index contributed by atoms with van der Waals surface area (Å²) in [6.07, 6.45) is 3.70. The van der Waals surface area contributed by atoms with Gasteiger partial charge in [0.2, 0.25) is 0 Å². The highest BCUT2D eigenvalue weighted by atomic mass is 16.5. The minimum Gasteiger partial charge on any atom is -0.493 e. The first-order valence-electron chi connectivity index (χ1n) is 7.07. The lowest BCUT2D eigenvalue weighted by Crippen LogP contribution is -2.05. The van der Waals surface area contributed by atoms with Crippen molar-refractivity contribution in [2.45, 2.75) is 25.7 Å². The molecule has 6 nitrogen and oxygen atoms in total. The molecule has 120 valence electrons. The number of carbonyl (C=O) groups excluding carboxylic acids is 3. The predicted octanol–water partition coefficient (Wildman–Crippen LogP) is 2.19. The maximum atomic E-state index is 11.6. The molecule has 0 unspecified atom stereocenters. The zero-order valence-electron chi connectivity index (χ0n) is 12.6. The van der Waals surface area contributed by atoms with Gasteiger partial charge in [-0.05, 0) is 25.0 Å². The van der Waals surface area contributed by atoms with E-state index < -0.39 is 5.97 Å². The van der Waals surface area contributed by atoms with E-state index in [9.17, 15) is 14.4 Å². The van der Waals surface area contributed by atoms with Crippen LogP contribution in [0, 0.1) is 0 Å². The molecule has 0 aliphatic heterocycles. The Bertz CT molecular complexity index is 463. The van der Waals surface area contributed by atoms with Crippen LogP contribution in [-0.2, 0) is 14.3 Å². The molecule has 0 fully saturated rings. The monoisotopic (exact) mass is 308 g/mol. The van der Waals surface area contributed by atoms with E-state index in [0.29, 0.717) is 56.0 Å². The van der Waals surface area contributed by atoms with Crippen LogP contribution in [0.2, 0.25) is 0 Å². The van der Waals surface area contributed by atoms with Crippen molar-refractivity contribution in [1.82, 2.24) is 0 Å². The van der Waals surface area contributed by atoms with Crippen molar-refractivity contribution in [2.75, 3.05) is 20.3 Å². The van der Waals surface area contributed by atoms with Gasteiger partial charge in [0.25, 0.3) is 0 Å². The zero-order valence-corrected chi connectivity index (χ0v) is 12.6. The molecule has 0 saturated heterocycles. The van der Waals surface area contributed by atoms with E-state index in [1.54, 1.807) is 18.2 Å². The topological polar surface area (TPSA) is 78.9 Å². The number of ether oxygens (including phenoxy) is 3. The van der Waals surface area contributed by atoms with Gasteiger partial charge in [0.15, 0.2) is 0 Å². The molecular weight excluding hydrogens is 288 g/mol. The van der Waals surface area contributed by atoms with Crippen LogP contribution in [-0.4, -0.2) is 38.9 Å². The van der Waals surface area contributed by atoms with E-state index in [0.717, 1.165) is 12.6 Å². The Morgan fingerprint density at radius 1 is 0.955 bits per heavy atom. The van der Waals surface area contributed by atoms with Crippen molar-refractivity contribution in [3.8, 4) is 11.5 Å². The number of esters is 1. The van der Waals surface area contributed by atoms with E-state index in [1.165, 1.54) is 7.11 Å². The van der Waals surface area contributed by atoms with E-state index in [1.807, 2.05) is 0 Å². The van der Waals surface area contributed by atoms with Gasteiger partial charge in [-0.2, -0.15) is 0 Å². The Balaban J connectivity index is 2.73. The van der Waals surface area contributed by atoms with E-state index in [-0.39, 0.29) is 0 Å². The second-order valence-electron chi connectivity index (χ2n) is 4.50. The fourth-order valence-corrected chi connectivity index (χ4v) is 1.69. The van der Waals surface area contributed by atoms with Crippen LogP contribution in [0.25, 0.3) is 0 Å². The molecule has 0 bridgehead atoms. The van der Waals surface area contributed by atoms with Gasteiger partial charge in [0, 0.05) is 18.9 Å². The van der Waals surface area contributed by atoms with Gasteiger partial charge in [-0.15, -0.1) is 0 Å². The minimum atomic E-state index is -0.490. The second kappa shape index (κ2) is 10.4. The molecule has 0 aliphatic carbocycles. The van der Waals surface area contributed by atoms with E-state index in [4.69, 9.17) is 9.47 Å². The standard InChI is InChI=1S/C16H20O6/c1-20-16(19)13-10-14(21-8-4-2-6-17)12-15(11-13)22-9-5-3-7-18/h6-7,10-12H,2-5,8-9H2,1H3. The molecule has 0 amide bonds. The van der Waals surface area contributed by atoms with Crippen molar-refractivity contribution < 1.29 is 28.6 Å². The first-order valence-corrected chi connectivity index (χ1v) is 7.07. The number of methoxy groups -OCH3 is 1. The summed E-state index contributed by atoms with van der Waals surface area (Å²) in [6.45, 7) is 0.738. The normalized spacial score (nSPS) is 9.86. The SMILES string of the molecule is COC(=O)c1cc(OCCCC=O)cc(OCCCC=O)c1. The van der Waals surface area contributed by atoms with Gasteiger partial charge in [0.05, 0.1) is 25.9 Å². The fraction of sp³-hybridized carbons (Fsp3) is 0.438. The molecule has 0 radical (unpaired) electrons. The summed E-state index contributed by atoms with van der Waals surface area (Å²) in [6, 6.07) is 4.78. The molecule has 0 saturated carbocycles. The summed E-state index contributed by atoms with van der Waals surface area (Å²) in [5.41, 5.74) is 0.320. The molecule has 0 spiro atoms. The van der Waals surface area contributed by atoms with Crippen LogP contribution in [0.5, 0.6) is 11.5 Å². The fourth-order valence-electron chi connectivity index (χ4n) is 1.69. The first-order chi connectivity index (χ1) is 10.7. The highest BCUT2D eigenvalue weighted by Crippen LogP contribution is 2.24. The quantitative estimate of drug-likeness (QED) is 0.354. The molecule has 1 aromatic rings. The molecule has 6 heteroatoms. The van der Waals surface area contributed by atoms with Crippen LogP contribution < -0.4 is 9.47 Å². The Hall–Kier alpha value is -2.37. The van der Waals surface area contributed by atoms with Crippen LogP contribution in [0.4, 0.5) is 0 Å². The highest BCUT2D eigenvalue weighted by molar-refractivity contribution is 5.90. The van der Waals surface area contributed by atoms with Gasteiger partial charge in [0.1, 0.15) is 24.1 Å².